The van der Waals surface area contributed by atoms with Crippen molar-refractivity contribution in [3.63, 3.8) is 0 Å². The molecule has 0 aliphatic carbocycles. The van der Waals surface area contributed by atoms with Crippen LogP contribution in [0.15, 0.2) is 24.3 Å². The van der Waals surface area contributed by atoms with E-state index < -0.39 is 6.10 Å². The summed E-state index contributed by atoms with van der Waals surface area (Å²) in [7, 11) is 3.18. The minimum atomic E-state index is -0.659. The van der Waals surface area contributed by atoms with Gasteiger partial charge in [0.25, 0.3) is 0 Å². The molecular weight excluding hydrogens is 274 g/mol. The Balaban J connectivity index is 2.34. The largest absolute Gasteiger partial charge is 0.493 e. The van der Waals surface area contributed by atoms with Crippen LogP contribution in [-0.4, -0.2) is 62.9 Å². The average molecular weight is 299 g/mol. The minimum absolute atomic E-state index is 0.0147. The van der Waals surface area contributed by atoms with Crippen molar-refractivity contribution < 1.29 is 24.4 Å². The first-order valence-electron chi connectivity index (χ1n) is 6.98. The number of para-hydroxylation sites is 2. The molecule has 0 saturated carbocycles. The summed E-state index contributed by atoms with van der Waals surface area (Å²) >= 11 is 0. The molecule has 1 rings (SSSR count). The molecule has 0 fully saturated rings. The molecular formula is C15H25NO5. The molecule has 0 bridgehead atoms. The molecule has 2 atom stereocenters. The zero-order valence-corrected chi connectivity index (χ0v) is 12.6. The van der Waals surface area contributed by atoms with Gasteiger partial charge in [-0.1, -0.05) is 12.1 Å². The van der Waals surface area contributed by atoms with Crippen molar-refractivity contribution in [3.8, 4) is 11.5 Å². The van der Waals surface area contributed by atoms with Crippen molar-refractivity contribution in [2.45, 2.75) is 18.6 Å². The normalized spacial score (nSPS) is 13.7. The van der Waals surface area contributed by atoms with Crippen molar-refractivity contribution in [3.05, 3.63) is 24.3 Å². The van der Waals surface area contributed by atoms with Crippen LogP contribution >= 0.6 is 0 Å². The number of hydrogen-bond acceptors (Lipinski definition) is 6. The van der Waals surface area contributed by atoms with Gasteiger partial charge in [-0.2, -0.15) is 0 Å². The average Bonchev–Trinajstić information content (AvgIpc) is 2.51. The van der Waals surface area contributed by atoms with Crippen LogP contribution in [-0.2, 0) is 4.74 Å². The van der Waals surface area contributed by atoms with Crippen LogP contribution in [0.2, 0.25) is 0 Å². The highest BCUT2D eigenvalue weighted by molar-refractivity contribution is 5.39. The van der Waals surface area contributed by atoms with Gasteiger partial charge in [0.15, 0.2) is 11.5 Å². The van der Waals surface area contributed by atoms with Gasteiger partial charge >= 0.3 is 0 Å². The molecule has 1 aromatic carbocycles. The first kappa shape index (κ1) is 17.7. The fourth-order valence-corrected chi connectivity index (χ4v) is 1.89. The molecule has 0 amide bonds. The smallest absolute Gasteiger partial charge is 0.161 e. The van der Waals surface area contributed by atoms with E-state index in [2.05, 4.69) is 5.32 Å². The number of aliphatic hydroxyl groups excluding tert-OH is 2. The monoisotopic (exact) mass is 299 g/mol. The molecule has 0 saturated heterocycles. The van der Waals surface area contributed by atoms with Gasteiger partial charge in [0.1, 0.15) is 12.7 Å². The zero-order valence-electron chi connectivity index (χ0n) is 12.6. The number of ether oxygens (including phenoxy) is 3. The lowest BCUT2D eigenvalue weighted by molar-refractivity contribution is 0.0907. The second kappa shape index (κ2) is 10.4. The fraction of sp³-hybridized carbons (Fsp3) is 0.600. The van der Waals surface area contributed by atoms with E-state index in [0.29, 0.717) is 31.1 Å². The zero-order chi connectivity index (χ0) is 15.5. The third-order valence-electron chi connectivity index (χ3n) is 2.99. The second-order valence-corrected chi connectivity index (χ2v) is 4.69. The molecule has 120 valence electrons. The van der Waals surface area contributed by atoms with E-state index in [0.717, 1.165) is 0 Å². The Morgan fingerprint density at radius 2 is 1.86 bits per heavy atom. The van der Waals surface area contributed by atoms with Crippen molar-refractivity contribution >= 4 is 0 Å². The predicted molar refractivity (Wildman–Crippen MR) is 79.9 cm³/mol. The van der Waals surface area contributed by atoms with Crippen LogP contribution in [0.1, 0.15) is 6.42 Å². The first-order chi connectivity index (χ1) is 10.2. The number of aliphatic hydroxyl groups is 2. The van der Waals surface area contributed by atoms with E-state index in [1.54, 1.807) is 26.4 Å². The highest BCUT2D eigenvalue weighted by Crippen LogP contribution is 2.25. The van der Waals surface area contributed by atoms with Gasteiger partial charge in [-0.3, -0.25) is 0 Å². The summed E-state index contributed by atoms with van der Waals surface area (Å²) in [5.41, 5.74) is 0. The van der Waals surface area contributed by atoms with Gasteiger partial charge in [-0.05, 0) is 18.6 Å². The van der Waals surface area contributed by atoms with Crippen molar-refractivity contribution in [2.24, 2.45) is 0 Å². The van der Waals surface area contributed by atoms with E-state index in [1.165, 1.54) is 0 Å². The number of methoxy groups -OCH3 is 2. The van der Waals surface area contributed by atoms with E-state index >= 15 is 0 Å². The van der Waals surface area contributed by atoms with E-state index in [-0.39, 0.29) is 19.3 Å². The lowest BCUT2D eigenvalue weighted by Crippen LogP contribution is -2.40. The van der Waals surface area contributed by atoms with Gasteiger partial charge in [0.2, 0.25) is 0 Å². The maximum absolute atomic E-state index is 9.93. The van der Waals surface area contributed by atoms with E-state index in [1.807, 2.05) is 12.1 Å². The van der Waals surface area contributed by atoms with Crippen molar-refractivity contribution in [2.75, 3.05) is 40.6 Å². The summed E-state index contributed by atoms with van der Waals surface area (Å²) in [6, 6.07) is 7.31. The molecule has 2 unspecified atom stereocenters. The van der Waals surface area contributed by atoms with Gasteiger partial charge in [0, 0.05) is 26.3 Å². The topological polar surface area (TPSA) is 80.2 Å². The molecule has 0 aromatic heterocycles. The van der Waals surface area contributed by atoms with Crippen molar-refractivity contribution in [1.29, 1.82) is 0 Å². The Hall–Kier alpha value is -1.34. The molecule has 6 heteroatoms. The summed E-state index contributed by atoms with van der Waals surface area (Å²) in [6.07, 6.45) is -0.0820. The minimum Gasteiger partial charge on any atom is -0.493 e. The molecule has 6 nitrogen and oxygen atoms in total. The highest BCUT2D eigenvalue weighted by Gasteiger charge is 2.12. The molecule has 21 heavy (non-hydrogen) atoms. The van der Waals surface area contributed by atoms with E-state index in [4.69, 9.17) is 19.3 Å². The molecule has 3 N–H and O–H groups in total. The molecule has 0 spiro atoms. The second-order valence-electron chi connectivity index (χ2n) is 4.69. The fourth-order valence-electron chi connectivity index (χ4n) is 1.89. The van der Waals surface area contributed by atoms with Crippen LogP contribution in [0.4, 0.5) is 0 Å². The van der Waals surface area contributed by atoms with Crippen LogP contribution in [0.25, 0.3) is 0 Å². The Kier molecular flexibility index (Phi) is 8.77. The standard InChI is InChI=1S/C15H25NO5/c1-19-10-12(7-8-17)16-9-13(18)11-21-15-6-4-3-5-14(15)20-2/h3-6,12-13,16-18H,7-11H2,1-2H3. The molecule has 0 aliphatic rings. The van der Waals surface area contributed by atoms with Gasteiger partial charge < -0.3 is 29.7 Å². The third-order valence-corrected chi connectivity index (χ3v) is 2.99. The summed E-state index contributed by atoms with van der Waals surface area (Å²) < 4.78 is 15.8. The molecule has 0 radical (unpaired) electrons. The van der Waals surface area contributed by atoms with Gasteiger partial charge in [-0.25, -0.2) is 0 Å². The number of hydrogen-bond donors (Lipinski definition) is 3. The molecule has 0 aliphatic heterocycles. The summed E-state index contributed by atoms with van der Waals surface area (Å²) in [5.74, 6) is 1.23. The summed E-state index contributed by atoms with van der Waals surface area (Å²) in [6.45, 7) is 1.09. The quantitative estimate of drug-likeness (QED) is 0.549. The number of benzene rings is 1. The highest BCUT2D eigenvalue weighted by atomic mass is 16.5. The van der Waals surface area contributed by atoms with Gasteiger partial charge in [-0.15, -0.1) is 0 Å². The first-order valence-corrected chi connectivity index (χ1v) is 6.98. The summed E-state index contributed by atoms with van der Waals surface area (Å²) in [5, 5.41) is 22.0. The Labute approximate surface area is 125 Å². The Morgan fingerprint density at radius 3 is 2.48 bits per heavy atom. The van der Waals surface area contributed by atoms with Crippen LogP contribution in [0.3, 0.4) is 0 Å². The SMILES string of the molecule is COCC(CCO)NCC(O)COc1ccccc1OC. The van der Waals surface area contributed by atoms with Crippen LogP contribution in [0, 0.1) is 0 Å². The summed E-state index contributed by atoms with van der Waals surface area (Å²) in [4.78, 5) is 0. The van der Waals surface area contributed by atoms with E-state index in [9.17, 15) is 5.11 Å². The maximum atomic E-state index is 9.93. The number of rotatable bonds is 11. The third kappa shape index (κ3) is 6.77. The molecule has 1 aromatic rings. The predicted octanol–water partition coefficient (Wildman–Crippen LogP) is 0.422. The van der Waals surface area contributed by atoms with Gasteiger partial charge in [0.05, 0.1) is 13.7 Å². The Bertz CT molecular complexity index is 382. The Morgan fingerprint density at radius 1 is 1.14 bits per heavy atom. The molecule has 0 heterocycles. The lowest BCUT2D eigenvalue weighted by atomic mass is 10.2. The maximum Gasteiger partial charge on any atom is 0.161 e. The van der Waals surface area contributed by atoms with Crippen molar-refractivity contribution in [1.82, 2.24) is 5.32 Å². The van der Waals surface area contributed by atoms with Crippen LogP contribution < -0.4 is 14.8 Å². The lowest BCUT2D eigenvalue weighted by Gasteiger charge is -2.20. The van der Waals surface area contributed by atoms with Crippen LogP contribution in [0.5, 0.6) is 11.5 Å². The number of nitrogens with one attached hydrogen (secondary N) is 1.